The molecular formula is C14H19Cl2N3S. The molecule has 2 aromatic heterocycles. The van der Waals surface area contributed by atoms with Crippen LogP contribution in [-0.2, 0) is 13.5 Å². The lowest BCUT2D eigenvalue weighted by Gasteiger charge is -2.18. The van der Waals surface area contributed by atoms with Crippen molar-refractivity contribution in [2.45, 2.75) is 32.7 Å². The Morgan fingerprint density at radius 2 is 2.20 bits per heavy atom. The summed E-state index contributed by atoms with van der Waals surface area (Å²) in [6.45, 7) is 5.03. The Morgan fingerprint density at radius 1 is 1.45 bits per heavy atom. The third-order valence-electron chi connectivity index (χ3n) is 3.26. The van der Waals surface area contributed by atoms with Crippen molar-refractivity contribution in [2.75, 3.05) is 6.54 Å². The summed E-state index contributed by atoms with van der Waals surface area (Å²) < 4.78 is 1.86. The van der Waals surface area contributed by atoms with Crippen molar-refractivity contribution in [3.05, 3.63) is 37.8 Å². The van der Waals surface area contributed by atoms with E-state index in [1.54, 1.807) is 11.3 Å². The van der Waals surface area contributed by atoms with Gasteiger partial charge in [0.15, 0.2) is 0 Å². The second-order valence-electron chi connectivity index (χ2n) is 4.81. The van der Waals surface area contributed by atoms with E-state index in [0.717, 1.165) is 45.7 Å². The Balaban J connectivity index is 2.26. The van der Waals surface area contributed by atoms with Crippen LogP contribution in [0.5, 0.6) is 0 Å². The molecule has 0 saturated heterocycles. The van der Waals surface area contributed by atoms with Gasteiger partial charge in [-0.25, -0.2) is 0 Å². The molecule has 1 N–H and O–H groups in total. The minimum Gasteiger partial charge on any atom is -0.309 e. The molecule has 3 nitrogen and oxygen atoms in total. The summed E-state index contributed by atoms with van der Waals surface area (Å²) >= 11 is 14.3. The van der Waals surface area contributed by atoms with Crippen LogP contribution in [-0.4, -0.2) is 16.3 Å². The molecule has 0 radical (unpaired) electrons. The average Bonchev–Trinajstić information content (AvgIpc) is 2.93. The second kappa shape index (κ2) is 6.94. The lowest BCUT2D eigenvalue weighted by molar-refractivity contribution is 0.519. The van der Waals surface area contributed by atoms with Crippen LogP contribution in [0.1, 0.15) is 35.7 Å². The van der Waals surface area contributed by atoms with Crippen LogP contribution in [0.25, 0.3) is 0 Å². The van der Waals surface area contributed by atoms with Crippen molar-refractivity contribution >= 4 is 34.5 Å². The van der Waals surface area contributed by atoms with E-state index in [0.29, 0.717) is 0 Å². The molecule has 0 saturated carbocycles. The number of aromatic nitrogens is 2. The van der Waals surface area contributed by atoms with Gasteiger partial charge in [0.25, 0.3) is 0 Å². The van der Waals surface area contributed by atoms with Crippen molar-refractivity contribution in [3.8, 4) is 0 Å². The van der Waals surface area contributed by atoms with Gasteiger partial charge in [-0.2, -0.15) is 5.10 Å². The van der Waals surface area contributed by atoms with Gasteiger partial charge in [0.2, 0.25) is 0 Å². The molecule has 110 valence electrons. The number of nitrogens with zero attached hydrogens (tertiary/aromatic N) is 2. The lowest BCUT2D eigenvalue weighted by Crippen LogP contribution is -2.24. The highest BCUT2D eigenvalue weighted by atomic mass is 35.5. The van der Waals surface area contributed by atoms with E-state index in [1.807, 2.05) is 30.1 Å². The fourth-order valence-corrected chi connectivity index (χ4v) is 3.73. The van der Waals surface area contributed by atoms with Crippen molar-refractivity contribution in [1.29, 1.82) is 0 Å². The van der Waals surface area contributed by atoms with Crippen LogP contribution in [0, 0.1) is 6.92 Å². The van der Waals surface area contributed by atoms with Crippen molar-refractivity contribution in [2.24, 2.45) is 7.05 Å². The van der Waals surface area contributed by atoms with E-state index >= 15 is 0 Å². The molecule has 2 aromatic rings. The topological polar surface area (TPSA) is 29.9 Å². The molecule has 0 fully saturated rings. The van der Waals surface area contributed by atoms with E-state index < -0.39 is 0 Å². The van der Waals surface area contributed by atoms with Crippen LogP contribution in [0.2, 0.25) is 10.0 Å². The Labute approximate surface area is 133 Å². The predicted molar refractivity (Wildman–Crippen MR) is 87.0 cm³/mol. The van der Waals surface area contributed by atoms with Gasteiger partial charge in [-0.3, -0.25) is 4.68 Å². The van der Waals surface area contributed by atoms with Crippen LogP contribution in [0.4, 0.5) is 0 Å². The van der Waals surface area contributed by atoms with E-state index in [4.69, 9.17) is 23.2 Å². The summed E-state index contributed by atoms with van der Waals surface area (Å²) in [5.41, 5.74) is 1.91. The zero-order valence-electron chi connectivity index (χ0n) is 11.9. The summed E-state index contributed by atoms with van der Waals surface area (Å²) in [6, 6.07) is 2.12. The maximum absolute atomic E-state index is 6.35. The molecule has 0 spiro atoms. The molecule has 0 aromatic carbocycles. The van der Waals surface area contributed by atoms with Gasteiger partial charge in [-0.05, 0) is 31.3 Å². The highest BCUT2D eigenvalue weighted by molar-refractivity contribution is 7.10. The monoisotopic (exact) mass is 331 g/mol. The maximum atomic E-state index is 6.35. The predicted octanol–water partition coefficient (Wildman–Crippen LogP) is 4.38. The number of nitrogens with one attached hydrogen (secondary N) is 1. The molecule has 20 heavy (non-hydrogen) atoms. The van der Waals surface area contributed by atoms with Gasteiger partial charge in [0.05, 0.1) is 21.4 Å². The zero-order chi connectivity index (χ0) is 14.7. The molecular weight excluding hydrogens is 313 g/mol. The molecule has 0 aliphatic rings. The first kappa shape index (κ1) is 15.8. The summed E-state index contributed by atoms with van der Waals surface area (Å²) in [5, 5.41) is 11.5. The number of rotatable bonds is 6. The number of halogens is 2. The smallest absolute Gasteiger partial charge is 0.0847 e. The SMILES string of the molecule is CCCNC(Cc1c(Cl)c(C)nn1C)c1sccc1Cl. The minimum absolute atomic E-state index is 0.176. The Morgan fingerprint density at radius 3 is 2.70 bits per heavy atom. The van der Waals surface area contributed by atoms with Crippen LogP contribution in [0.3, 0.4) is 0 Å². The third-order valence-corrected chi connectivity index (χ3v) is 5.22. The van der Waals surface area contributed by atoms with Crippen molar-refractivity contribution in [1.82, 2.24) is 15.1 Å². The van der Waals surface area contributed by atoms with Crippen molar-refractivity contribution < 1.29 is 0 Å². The third kappa shape index (κ3) is 3.37. The van der Waals surface area contributed by atoms with Crippen LogP contribution >= 0.6 is 34.5 Å². The lowest BCUT2D eigenvalue weighted by atomic mass is 10.1. The van der Waals surface area contributed by atoms with E-state index in [-0.39, 0.29) is 6.04 Å². The van der Waals surface area contributed by atoms with E-state index in [9.17, 15) is 0 Å². The van der Waals surface area contributed by atoms with Crippen LogP contribution in [0.15, 0.2) is 11.4 Å². The van der Waals surface area contributed by atoms with Gasteiger partial charge < -0.3 is 5.32 Å². The van der Waals surface area contributed by atoms with Gasteiger partial charge in [0.1, 0.15) is 0 Å². The van der Waals surface area contributed by atoms with Gasteiger partial charge in [-0.1, -0.05) is 30.1 Å². The first-order chi connectivity index (χ1) is 9.54. The number of thiophene rings is 1. The number of aryl methyl sites for hydroxylation is 2. The Hall–Kier alpha value is -0.550. The standard InChI is InChI=1S/C14H19Cl2N3S/c1-4-6-17-11(14-10(15)5-7-20-14)8-12-13(16)9(2)18-19(12)3/h5,7,11,17H,4,6,8H2,1-3H3. The summed E-state index contributed by atoms with van der Waals surface area (Å²) in [6.07, 6.45) is 1.87. The first-order valence-electron chi connectivity index (χ1n) is 6.68. The summed E-state index contributed by atoms with van der Waals surface area (Å²) in [4.78, 5) is 1.16. The summed E-state index contributed by atoms with van der Waals surface area (Å²) in [5.74, 6) is 0. The largest absolute Gasteiger partial charge is 0.309 e. The highest BCUT2D eigenvalue weighted by Crippen LogP contribution is 2.32. The molecule has 2 rings (SSSR count). The quantitative estimate of drug-likeness (QED) is 0.851. The maximum Gasteiger partial charge on any atom is 0.0847 e. The fraction of sp³-hybridized carbons (Fsp3) is 0.500. The number of hydrogen-bond acceptors (Lipinski definition) is 3. The highest BCUT2D eigenvalue weighted by Gasteiger charge is 2.20. The van der Waals surface area contributed by atoms with Gasteiger partial charge in [0, 0.05) is 24.4 Å². The molecule has 0 bridgehead atoms. The second-order valence-corrected chi connectivity index (χ2v) is 6.55. The molecule has 2 heterocycles. The molecule has 6 heteroatoms. The Bertz CT molecular complexity index is 577. The number of hydrogen-bond donors (Lipinski definition) is 1. The molecule has 0 aliphatic carbocycles. The normalized spacial score (nSPS) is 12.8. The Kier molecular flexibility index (Phi) is 5.49. The minimum atomic E-state index is 0.176. The van der Waals surface area contributed by atoms with Crippen LogP contribution < -0.4 is 5.32 Å². The molecule has 0 aliphatic heterocycles. The fourth-order valence-electron chi connectivity index (χ4n) is 2.23. The summed E-state index contributed by atoms with van der Waals surface area (Å²) in [7, 11) is 1.93. The molecule has 0 amide bonds. The van der Waals surface area contributed by atoms with E-state index in [1.165, 1.54) is 0 Å². The zero-order valence-corrected chi connectivity index (χ0v) is 14.2. The van der Waals surface area contributed by atoms with E-state index in [2.05, 4.69) is 17.3 Å². The first-order valence-corrected chi connectivity index (χ1v) is 8.32. The van der Waals surface area contributed by atoms with Gasteiger partial charge >= 0.3 is 0 Å². The van der Waals surface area contributed by atoms with Gasteiger partial charge in [-0.15, -0.1) is 11.3 Å². The molecule has 1 atom stereocenters. The molecule has 1 unspecified atom stereocenters. The average molecular weight is 332 g/mol. The van der Waals surface area contributed by atoms with Crippen molar-refractivity contribution in [3.63, 3.8) is 0 Å².